The number of halogens is 2. The zero-order chi connectivity index (χ0) is 13.9. The highest BCUT2D eigenvalue weighted by molar-refractivity contribution is 6.31. The van der Waals surface area contributed by atoms with Gasteiger partial charge < -0.3 is 0 Å². The second-order valence-corrected chi connectivity index (χ2v) is 5.80. The van der Waals surface area contributed by atoms with Crippen molar-refractivity contribution in [2.75, 3.05) is 16.8 Å². The minimum atomic E-state index is -0.175. The fourth-order valence-corrected chi connectivity index (χ4v) is 2.34. The molecule has 0 unspecified atom stereocenters. The topological polar surface area (TPSA) is 20.3 Å². The molecule has 0 atom stereocenters. The summed E-state index contributed by atoms with van der Waals surface area (Å²) >= 11 is 11.6. The highest BCUT2D eigenvalue weighted by Crippen LogP contribution is 2.34. The quantitative estimate of drug-likeness (QED) is 0.606. The maximum Gasteiger partial charge on any atom is 0.242 e. The van der Waals surface area contributed by atoms with E-state index in [-0.39, 0.29) is 23.2 Å². The summed E-state index contributed by atoms with van der Waals surface area (Å²) in [5, 5.41) is 0. The summed E-state index contributed by atoms with van der Waals surface area (Å²) in [6, 6.07) is 6.12. The molecule has 0 radical (unpaired) electrons. The first-order valence-corrected chi connectivity index (χ1v) is 6.92. The number of carbonyl (C=O) groups excluding carboxylic acids is 1. The van der Waals surface area contributed by atoms with Gasteiger partial charge in [0.05, 0.1) is 5.69 Å². The number of carbonyl (C=O) groups is 1. The molecular formula is C14H19Cl2NO. The molecule has 100 valence electrons. The van der Waals surface area contributed by atoms with Crippen molar-refractivity contribution in [1.82, 2.24) is 0 Å². The maximum atomic E-state index is 11.9. The lowest BCUT2D eigenvalue weighted by Crippen LogP contribution is -2.33. The van der Waals surface area contributed by atoms with Crippen LogP contribution < -0.4 is 4.90 Å². The first-order chi connectivity index (χ1) is 8.32. The molecule has 1 amide bonds. The predicted octanol–water partition coefficient (Wildman–Crippen LogP) is 4.06. The van der Waals surface area contributed by atoms with Crippen LogP contribution in [0.1, 0.15) is 31.9 Å². The van der Waals surface area contributed by atoms with Crippen LogP contribution in [0.2, 0.25) is 0 Å². The lowest BCUT2D eigenvalue weighted by molar-refractivity contribution is -0.116. The van der Waals surface area contributed by atoms with Crippen LogP contribution in [0.25, 0.3) is 0 Å². The normalized spacial score (nSPS) is 11.4. The van der Waals surface area contributed by atoms with Gasteiger partial charge in [-0.2, -0.15) is 0 Å². The zero-order valence-electron chi connectivity index (χ0n) is 11.3. The molecule has 0 aliphatic carbocycles. The van der Waals surface area contributed by atoms with Crippen LogP contribution in [-0.4, -0.2) is 17.8 Å². The van der Waals surface area contributed by atoms with E-state index < -0.39 is 0 Å². The van der Waals surface area contributed by atoms with E-state index in [4.69, 9.17) is 23.2 Å². The summed E-state index contributed by atoms with van der Waals surface area (Å²) in [5.74, 6) is -0.239. The number of benzene rings is 1. The molecule has 0 spiro atoms. The van der Waals surface area contributed by atoms with Gasteiger partial charge in [-0.3, -0.25) is 9.69 Å². The maximum absolute atomic E-state index is 11.9. The second-order valence-electron chi connectivity index (χ2n) is 5.30. The van der Waals surface area contributed by atoms with Gasteiger partial charge in [0.2, 0.25) is 5.91 Å². The van der Waals surface area contributed by atoms with Gasteiger partial charge in [-0.1, -0.05) is 39.0 Å². The molecule has 0 N–H and O–H groups in total. The van der Waals surface area contributed by atoms with E-state index in [1.165, 1.54) is 0 Å². The number of hydrogen-bond donors (Lipinski definition) is 0. The van der Waals surface area contributed by atoms with Gasteiger partial charge in [0.1, 0.15) is 11.9 Å². The molecule has 0 aliphatic rings. The van der Waals surface area contributed by atoms with Crippen molar-refractivity contribution in [3.63, 3.8) is 0 Å². The Kier molecular flexibility index (Phi) is 5.06. The van der Waals surface area contributed by atoms with Gasteiger partial charge in [-0.05, 0) is 23.5 Å². The molecule has 0 saturated heterocycles. The van der Waals surface area contributed by atoms with E-state index in [1.54, 1.807) is 4.90 Å². The number of rotatable bonds is 3. The smallest absolute Gasteiger partial charge is 0.242 e. The van der Waals surface area contributed by atoms with Crippen molar-refractivity contribution in [1.29, 1.82) is 0 Å². The van der Waals surface area contributed by atoms with Crippen molar-refractivity contribution in [3.05, 3.63) is 29.3 Å². The standard InChI is InChI=1S/C14H19Cl2NO/c1-10-6-5-7-11(14(2,3)4)13(10)17(9-16)12(18)8-15/h5-7H,8-9H2,1-4H3. The van der Waals surface area contributed by atoms with Crippen LogP contribution in [-0.2, 0) is 10.2 Å². The van der Waals surface area contributed by atoms with Crippen LogP contribution in [0, 0.1) is 6.92 Å². The Balaban J connectivity index is 3.41. The Labute approximate surface area is 119 Å². The van der Waals surface area contributed by atoms with E-state index in [2.05, 4.69) is 20.8 Å². The van der Waals surface area contributed by atoms with Gasteiger partial charge in [-0.15, -0.1) is 23.2 Å². The van der Waals surface area contributed by atoms with Crippen LogP contribution in [0.3, 0.4) is 0 Å². The first-order valence-electron chi connectivity index (χ1n) is 5.85. The number of para-hydroxylation sites is 1. The van der Waals surface area contributed by atoms with Gasteiger partial charge in [0.25, 0.3) is 0 Å². The number of nitrogens with zero attached hydrogens (tertiary/aromatic N) is 1. The van der Waals surface area contributed by atoms with E-state index in [1.807, 2.05) is 25.1 Å². The minimum Gasteiger partial charge on any atom is -0.297 e. The number of alkyl halides is 2. The van der Waals surface area contributed by atoms with Gasteiger partial charge >= 0.3 is 0 Å². The molecule has 2 nitrogen and oxygen atoms in total. The van der Waals surface area contributed by atoms with Crippen molar-refractivity contribution < 1.29 is 4.79 Å². The zero-order valence-corrected chi connectivity index (χ0v) is 12.8. The fraction of sp³-hybridized carbons (Fsp3) is 0.500. The molecule has 0 bridgehead atoms. The van der Waals surface area contributed by atoms with Gasteiger partial charge in [0.15, 0.2) is 0 Å². The number of anilines is 1. The van der Waals surface area contributed by atoms with Crippen LogP contribution in [0.4, 0.5) is 5.69 Å². The summed E-state index contributed by atoms with van der Waals surface area (Å²) in [6.07, 6.45) is 0. The van der Waals surface area contributed by atoms with Crippen molar-refractivity contribution in [2.24, 2.45) is 0 Å². The van der Waals surface area contributed by atoms with E-state index in [9.17, 15) is 4.79 Å². The third-order valence-electron chi connectivity index (χ3n) is 2.85. The molecule has 0 heterocycles. The molecule has 1 aromatic carbocycles. The van der Waals surface area contributed by atoms with E-state index in [0.717, 1.165) is 16.8 Å². The highest BCUT2D eigenvalue weighted by atomic mass is 35.5. The largest absolute Gasteiger partial charge is 0.297 e. The number of amides is 1. The lowest BCUT2D eigenvalue weighted by atomic mass is 9.84. The van der Waals surface area contributed by atoms with Crippen LogP contribution in [0.5, 0.6) is 0 Å². The van der Waals surface area contributed by atoms with E-state index in [0.29, 0.717) is 0 Å². The van der Waals surface area contributed by atoms with Crippen LogP contribution in [0.15, 0.2) is 18.2 Å². The predicted molar refractivity (Wildman–Crippen MR) is 78.8 cm³/mol. The van der Waals surface area contributed by atoms with Gasteiger partial charge in [-0.25, -0.2) is 0 Å². The molecule has 18 heavy (non-hydrogen) atoms. The third kappa shape index (κ3) is 3.18. The summed E-state index contributed by atoms with van der Waals surface area (Å²) in [7, 11) is 0. The third-order valence-corrected chi connectivity index (χ3v) is 3.32. The summed E-state index contributed by atoms with van der Waals surface area (Å²) in [5.41, 5.74) is 2.95. The van der Waals surface area contributed by atoms with E-state index >= 15 is 0 Å². The lowest BCUT2D eigenvalue weighted by Gasteiger charge is -2.30. The molecule has 1 rings (SSSR count). The van der Waals surface area contributed by atoms with Crippen molar-refractivity contribution >= 4 is 34.8 Å². The van der Waals surface area contributed by atoms with Gasteiger partial charge in [0, 0.05) is 0 Å². The second kappa shape index (κ2) is 5.94. The minimum absolute atomic E-state index is 0.0573. The Morgan fingerprint density at radius 1 is 1.28 bits per heavy atom. The summed E-state index contributed by atoms with van der Waals surface area (Å²) < 4.78 is 0. The highest BCUT2D eigenvalue weighted by Gasteiger charge is 2.25. The average Bonchev–Trinajstić information content (AvgIpc) is 2.30. The summed E-state index contributed by atoms with van der Waals surface area (Å²) in [6.45, 7) is 8.32. The number of hydrogen-bond acceptors (Lipinski definition) is 1. The van der Waals surface area contributed by atoms with Crippen LogP contribution >= 0.6 is 23.2 Å². The molecule has 0 aliphatic heterocycles. The van der Waals surface area contributed by atoms with Crippen molar-refractivity contribution in [3.8, 4) is 0 Å². The fourth-order valence-electron chi connectivity index (χ4n) is 1.95. The Morgan fingerprint density at radius 3 is 2.33 bits per heavy atom. The number of aryl methyl sites for hydroxylation is 1. The molecule has 4 heteroatoms. The first kappa shape index (κ1) is 15.3. The Morgan fingerprint density at radius 2 is 1.89 bits per heavy atom. The van der Waals surface area contributed by atoms with Crippen molar-refractivity contribution in [2.45, 2.75) is 33.1 Å². The molecular weight excluding hydrogens is 269 g/mol. The average molecular weight is 288 g/mol. The molecule has 0 saturated carbocycles. The SMILES string of the molecule is Cc1cccc(C(C)(C)C)c1N(CCl)C(=O)CCl. The Bertz CT molecular complexity index is 438. The molecule has 1 aromatic rings. The Hall–Kier alpha value is -0.730. The molecule has 0 fully saturated rings. The molecule has 0 aromatic heterocycles. The monoisotopic (exact) mass is 287 g/mol. The summed E-state index contributed by atoms with van der Waals surface area (Å²) in [4.78, 5) is 13.4.